The molecule has 2 aromatic rings. The molecule has 4 nitrogen and oxygen atoms in total. The van der Waals surface area contributed by atoms with Gasteiger partial charge in [-0.25, -0.2) is 13.8 Å². The molecule has 0 aliphatic carbocycles. The fourth-order valence-electron chi connectivity index (χ4n) is 3.30. The largest absolute Gasteiger partial charge is 0.363 e. The van der Waals surface area contributed by atoms with Crippen molar-refractivity contribution in [1.82, 2.24) is 4.98 Å². The van der Waals surface area contributed by atoms with Crippen LogP contribution in [0.5, 0.6) is 0 Å². The number of fused-ring (bicyclic) bond motifs is 1. The highest BCUT2D eigenvalue weighted by atomic mass is 19.1. The minimum Gasteiger partial charge on any atom is -0.363 e. The standard InChI is InChI=1S/C18H19F2N3O/c1-10-11(2)23(12(3)24)16-6-4-13(19)8-15(16)18(10)22-17-7-5-14(20)9-21-17/h4-11,18H,1-3H3,(H,21,22)/t10-,11-,18?/m0/s1. The van der Waals surface area contributed by atoms with Crippen LogP contribution in [0.2, 0.25) is 0 Å². The molecule has 6 heteroatoms. The summed E-state index contributed by atoms with van der Waals surface area (Å²) in [4.78, 5) is 17.8. The molecule has 1 aliphatic heterocycles. The second-order valence-electron chi connectivity index (χ2n) is 6.18. The molecule has 1 amide bonds. The van der Waals surface area contributed by atoms with Crippen molar-refractivity contribution >= 4 is 17.4 Å². The molecule has 0 saturated heterocycles. The van der Waals surface area contributed by atoms with E-state index < -0.39 is 5.82 Å². The Morgan fingerprint density at radius 3 is 2.50 bits per heavy atom. The van der Waals surface area contributed by atoms with Gasteiger partial charge in [-0.15, -0.1) is 0 Å². The van der Waals surface area contributed by atoms with Crippen LogP contribution in [0.3, 0.4) is 0 Å². The van der Waals surface area contributed by atoms with Crippen molar-refractivity contribution in [2.24, 2.45) is 5.92 Å². The third kappa shape index (κ3) is 2.84. The lowest BCUT2D eigenvalue weighted by Gasteiger charge is -2.44. The monoisotopic (exact) mass is 331 g/mol. The van der Waals surface area contributed by atoms with Gasteiger partial charge in [-0.1, -0.05) is 6.92 Å². The van der Waals surface area contributed by atoms with E-state index >= 15 is 0 Å². The lowest BCUT2D eigenvalue weighted by atomic mass is 9.82. The zero-order chi connectivity index (χ0) is 17.4. The van der Waals surface area contributed by atoms with Crippen molar-refractivity contribution in [3.63, 3.8) is 0 Å². The SMILES string of the molecule is CC(=O)N1c2ccc(F)cc2C(Nc2ccc(F)cn2)[C@@H](C)[C@@H]1C. The third-order valence-corrected chi connectivity index (χ3v) is 4.65. The summed E-state index contributed by atoms with van der Waals surface area (Å²) < 4.78 is 26.9. The van der Waals surface area contributed by atoms with Crippen molar-refractivity contribution in [3.8, 4) is 0 Å². The molecule has 2 heterocycles. The second-order valence-corrected chi connectivity index (χ2v) is 6.18. The first-order valence-electron chi connectivity index (χ1n) is 7.86. The van der Waals surface area contributed by atoms with E-state index in [2.05, 4.69) is 10.3 Å². The molecule has 0 fully saturated rings. The Morgan fingerprint density at radius 1 is 1.17 bits per heavy atom. The summed E-state index contributed by atoms with van der Waals surface area (Å²) in [7, 11) is 0. The van der Waals surface area contributed by atoms with Crippen LogP contribution in [-0.4, -0.2) is 16.9 Å². The summed E-state index contributed by atoms with van der Waals surface area (Å²) in [5.74, 6) is -0.347. The van der Waals surface area contributed by atoms with Crippen molar-refractivity contribution in [2.75, 3.05) is 10.2 Å². The highest BCUT2D eigenvalue weighted by molar-refractivity contribution is 5.93. The lowest BCUT2D eigenvalue weighted by molar-refractivity contribution is -0.117. The van der Waals surface area contributed by atoms with Gasteiger partial charge < -0.3 is 10.2 Å². The number of carbonyl (C=O) groups is 1. The maximum atomic E-state index is 13.8. The van der Waals surface area contributed by atoms with Crippen LogP contribution < -0.4 is 10.2 Å². The number of halogens is 2. The van der Waals surface area contributed by atoms with Gasteiger partial charge in [0.2, 0.25) is 5.91 Å². The number of aromatic nitrogens is 1. The maximum Gasteiger partial charge on any atom is 0.224 e. The molecule has 126 valence electrons. The first-order chi connectivity index (χ1) is 11.4. The summed E-state index contributed by atoms with van der Waals surface area (Å²) in [6.07, 6.45) is 1.13. The number of carbonyl (C=O) groups excluding carboxylic acids is 1. The van der Waals surface area contributed by atoms with E-state index in [0.717, 1.165) is 6.20 Å². The number of anilines is 2. The van der Waals surface area contributed by atoms with Gasteiger partial charge in [0.1, 0.15) is 17.5 Å². The topological polar surface area (TPSA) is 45.2 Å². The molecule has 1 aliphatic rings. The van der Waals surface area contributed by atoms with Crippen molar-refractivity contribution in [2.45, 2.75) is 32.9 Å². The van der Waals surface area contributed by atoms with Gasteiger partial charge in [0.15, 0.2) is 0 Å². The van der Waals surface area contributed by atoms with Gasteiger partial charge in [0.25, 0.3) is 0 Å². The van der Waals surface area contributed by atoms with Gasteiger partial charge in [-0.05, 0) is 37.3 Å². The van der Waals surface area contributed by atoms with Crippen LogP contribution >= 0.6 is 0 Å². The number of rotatable bonds is 2. The lowest BCUT2D eigenvalue weighted by Crippen LogP contribution is -2.48. The molecule has 1 aromatic heterocycles. The van der Waals surface area contributed by atoms with E-state index in [9.17, 15) is 13.6 Å². The summed E-state index contributed by atoms with van der Waals surface area (Å²) >= 11 is 0. The van der Waals surface area contributed by atoms with E-state index in [1.807, 2.05) is 13.8 Å². The fraction of sp³-hybridized carbons (Fsp3) is 0.333. The Labute approximate surface area is 139 Å². The molecule has 3 atom stereocenters. The van der Waals surface area contributed by atoms with Gasteiger partial charge in [-0.3, -0.25) is 4.79 Å². The summed E-state index contributed by atoms with van der Waals surface area (Å²) in [6.45, 7) is 5.46. The highest BCUT2D eigenvalue weighted by Crippen LogP contribution is 2.42. The van der Waals surface area contributed by atoms with E-state index in [4.69, 9.17) is 0 Å². The average molecular weight is 331 g/mol. The van der Waals surface area contributed by atoms with Gasteiger partial charge >= 0.3 is 0 Å². The molecular formula is C18H19F2N3O. The van der Waals surface area contributed by atoms with Crippen molar-refractivity contribution in [1.29, 1.82) is 0 Å². The number of hydrogen-bond acceptors (Lipinski definition) is 3. The van der Waals surface area contributed by atoms with Crippen LogP contribution in [0.1, 0.15) is 32.4 Å². The molecule has 0 radical (unpaired) electrons. The van der Waals surface area contributed by atoms with Crippen molar-refractivity contribution < 1.29 is 13.6 Å². The van der Waals surface area contributed by atoms with Gasteiger partial charge in [0, 0.05) is 30.1 Å². The molecular weight excluding hydrogens is 312 g/mol. The predicted octanol–water partition coefficient (Wildman–Crippen LogP) is 3.90. The molecule has 0 bridgehead atoms. The molecule has 1 unspecified atom stereocenters. The second kappa shape index (κ2) is 6.19. The Balaban J connectivity index is 2.05. The van der Waals surface area contributed by atoms with Crippen LogP contribution in [0.4, 0.5) is 20.3 Å². The molecule has 24 heavy (non-hydrogen) atoms. The highest BCUT2D eigenvalue weighted by Gasteiger charge is 2.38. The molecule has 1 N–H and O–H groups in total. The van der Waals surface area contributed by atoms with Crippen LogP contribution in [0.15, 0.2) is 36.5 Å². The normalized spacial score (nSPS) is 22.9. The first kappa shape index (κ1) is 16.4. The Bertz CT molecular complexity index is 763. The summed E-state index contributed by atoms with van der Waals surface area (Å²) in [5.41, 5.74) is 1.39. The average Bonchev–Trinajstić information content (AvgIpc) is 2.54. The number of amides is 1. The minimum absolute atomic E-state index is 0.00931. The van der Waals surface area contributed by atoms with E-state index in [1.165, 1.54) is 25.1 Å². The number of pyridine rings is 1. The maximum absolute atomic E-state index is 13.8. The summed E-state index contributed by atoms with van der Waals surface area (Å²) in [5, 5.41) is 3.25. The fourth-order valence-corrected chi connectivity index (χ4v) is 3.30. The molecule has 0 saturated carbocycles. The van der Waals surface area contributed by atoms with Crippen LogP contribution in [0.25, 0.3) is 0 Å². The zero-order valence-electron chi connectivity index (χ0n) is 13.8. The van der Waals surface area contributed by atoms with Gasteiger partial charge in [0.05, 0.1) is 12.2 Å². The van der Waals surface area contributed by atoms with Crippen molar-refractivity contribution in [3.05, 3.63) is 53.7 Å². The zero-order valence-corrected chi connectivity index (χ0v) is 13.8. The first-order valence-corrected chi connectivity index (χ1v) is 7.86. The number of benzene rings is 1. The molecule has 1 aromatic carbocycles. The molecule has 0 spiro atoms. The van der Waals surface area contributed by atoms with Crippen LogP contribution in [-0.2, 0) is 4.79 Å². The number of nitrogens with one attached hydrogen (secondary N) is 1. The van der Waals surface area contributed by atoms with E-state index in [-0.39, 0.29) is 29.7 Å². The Kier molecular flexibility index (Phi) is 4.22. The van der Waals surface area contributed by atoms with Gasteiger partial charge in [-0.2, -0.15) is 0 Å². The quantitative estimate of drug-likeness (QED) is 0.908. The van der Waals surface area contributed by atoms with E-state index in [1.54, 1.807) is 17.0 Å². The third-order valence-electron chi connectivity index (χ3n) is 4.65. The number of hydrogen-bond donors (Lipinski definition) is 1. The Hall–Kier alpha value is -2.50. The minimum atomic E-state index is -0.417. The molecule has 3 rings (SSSR count). The predicted molar refractivity (Wildman–Crippen MR) is 88.7 cm³/mol. The number of nitrogens with zero attached hydrogens (tertiary/aromatic N) is 2. The summed E-state index contributed by atoms with van der Waals surface area (Å²) in [6, 6.07) is 6.97. The smallest absolute Gasteiger partial charge is 0.224 e. The van der Waals surface area contributed by atoms with E-state index in [0.29, 0.717) is 17.1 Å². The van der Waals surface area contributed by atoms with Crippen LogP contribution in [0, 0.1) is 17.6 Å². The Morgan fingerprint density at radius 2 is 1.88 bits per heavy atom.